The molecular weight excluding hydrogens is 312 g/mol. The molecule has 2 N–H and O–H groups in total. The largest absolute Gasteiger partial charge is 0.390 e. The normalized spacial score (nSPS) is 11.8. The Labute approximate surface area is 127 Å². The minimum atomic E-state index is -3.71. The zero-order valence-electron chi connectivity index (χ0n) is 11.9. The van der Waals surface area contributed by atoms with E-state index >= 15 is 0 Å². The topological polar surface area (TPSA) is 97.1 Å². The number of aromatic nitrogens is 3. The van der Waals surface area contributed by atoms with Crippen LogP contribution >= 0.6 is 11.3 Å². The predicted octanol–water partition coefficient (Wildman–Crippen LogP) is 1.61. The Bertz CT molecular complexity index is 706. The van der Waals surface area contributed by atoms with Crippen molar-refractivity contribution in [3.63, 3.8) is 0 Å². The van der Waals surface area contributed by atoms with E-state index in [0.717, 1.165) is 11.4 Å². The minimum absolute atomic E-state index is 0.119. The molecule has 0 spiro atoms. The minimum Gasteiger partial charge on any atom is -0.390 e. The molecule has 0 fully saturated rings. The second kappa shape index (κ2) is 6.54. The molecule has 0 aromatic carbocycles. The number of sulfonamides is 1. The zero-order valence-corrected chi connectivity index (χ0v) is 13.5. The smallest absolute Gasteiger partial charge is 0.265 e. The highest BCUT2D eigenvalue weighted by molar-refractivity contribution is 7.93. The van der Waals surface area contributed by atoms with Gasteiger partial charge in [-0.3, -0.25) is 4.72 Å². The number of anilines is 1. The van der Waals surface area contributed by atoms with Gasteiger partial charge < -0.3 is 9.67 Å². The van der Waals surface area contributed by atoms with E-state index in [4.69, 9.17) is 0 Å². The fourth-order valence-electron chi connectivity index (χ4n) is 1.86. The molecule has 9 heteroatoms. The van der Waals surface area contributed by atoms with E-state index in [9.17, 15) is 13.5 Å². The van der Waals surface area contributed by atoms with E-state index < -0.39 is 10.0 Å². The molecule has 0 unspecified atom stereocenters. The van der Waals surface area contributed by atoms with Crippen LogP contribution in [0.25, 0.3) is 0 Å². The molecule has 21 heavy (non-hydrogen) atoms. The van der Waals surface area contributed by atoms with Crippen molar-refractivity contribution in [1.82, 2.24) is 14.8 Å². The Kier molecular flexibility index (Phi) is 4.96. The zero-order chi connectivity index (χ0) is 15.5. The third kappa shape index (κ3) is 3.60. The predicted molar refractivity (Wildman–Crippen MR) is 80.7 cm³/mol. The highest BCUT2D eigenvalue weighted by Gasteiger charge is 2.20. The number of aliphatic hydroxyl groups excluding tert-OH is 1. The number of nitrogens with one attached hydrogen (secondary N) is 1. The van der Waals surface area contributed by atoms with Gasteiger partial charge in [0.25, 0.3) is 10.0 Å². The van der Waals surface area contributed by atoms with Gasteiger partial charge in [-0.2, -0.15) is 0 Å². The Morgan fingerprint density at radius 2 is 2.14 bits per heavy atom. The quantitative estimate of drug-likeness (QED) is 0.804. The molecule has 2 aromatic rings. The first-order valence-corrected chi connectivity index (χ1v) is 8.95. The summed E-state index contributed by atoms with van der Waals surface area (Å²) < 4.78 is 28.8. The lowest BCUT2D eigenvalue weighted by atomic mass is 10.4. The monoisotopic (exact) mass is 330 g/mol. The number of aliphatic hydroxyl groups is 1. The number of hydrogen-bond donors (Lipinski definition) is 2. The highest BCUT2D eigenvalue weighted by atomic mass is 32.2. The summed E-state index contributed by atoms with van der Waals surface area (Å²) in [6.45, 7) is 4.37. The van der Waals surface area contributed by atoms with Crippen molar-refractivity contribution in [1.29, 1.82) is 0 Å². The molecule has 116 valence electrons. The third-order valence-corrected chi connectivity index (χ3v) is 5.31. The lowest BCUT2D eigenvalue weighted by Gasteiger charge is -2.03. The molecule has 0 aliphatic heterocycles. The lowest BCUT2D eigenvalue weighted by molar-refractivity contribution is 0.270. The maximum atomic E-state index is 12.3. The van der Waals surface area contributed by atoms with Crippen LogP contribution in [0.2, 0.25) is 0 Å². The van der Waals surface area contributed by atoms with Crippen LogP contribution in [-0.4, -0.2) is 28.3 Å². The summed E-state index contributed by atoms with van der Waals surface area (Å²) in [5, 5.41) is 18.0. The molecule has 0 bridgehead atoms. The second-order valence-electron chi connectivity index (χ2n) is 4.48. The molecule has 2 rings (SSSR count). The van der Waals surface area contributed by atoms with Crippen molar-refractivity contribution in [2.45, 2.75) is 44.7 Å². The van der Waals surface area contributed by atoms with Gasteiger partial charge in [-0.15, -0.1) is 10.2 Å². The third-order valence-electron chi connectivity index (χ3n) is 2.89. The van der Waals surface area contributed by atoms with Gasteiger partial charge in [0.1, 0.15) is 9.90 Å². The van der Waals surface area contributed by atoms with Gasteiger partial charge in [0, 0.05) is 18.4 Å². The van der Waals surface area contributed by atoms with Crippen molar-refractivity contribution < 1.29 is 13.5 Å². The molecule has 0 amide bonds. The molecule has 0 aliphatic rings. The van der Waals surface area contributed by atoms with E-state index in [0.29, 0.717) is 18.7 Å². The lowest BCUT2D eigenvalue weighted by Crippen LogP contribution is -2.12. The van der Waals surface area contributed by atoms with E-state index in [1.165, 1.54) is 23.6 Å². The van der Waals surface area contributed by atoms with Crippen LogP contribution in [0.1, 0.15) is 31.0 Å². The molecule has 2 aromatic heterocycles. The van der Waals surface area contributed by atoms with Crippen LogP contribution < -0.4 is 4.72 Å². The van der Waals surface area contributed by atoms with Gasteiger partial charge in [-0.1, -0.05) is 25.2 Å². The summed E-state index contributed by atoms with van der Waals surface area (Å²) in [7, 11) is -3.71. The number of hydrogen-bond acceptors (Lipinski definition) is 6. The molecule has 0 saturated carbocycles. The summed E-state index contributed by atoms with van der Waals surface area (Å²) in [5.41, 5.74) is 0.573. The Hall–Kier alpha value is -1.45. The fraction of sp³-hybridized carbons (Fsp3) is 0.500. The SMILES string of the molecule is CCCn1cc(S(=O)(=O)Nc2nnc(CC)s2)cc1CO. The molecular formula is C12H18N4O3S2. The standard InChI is InChI=1S/C12H18N4O3S2/c1-3-5-16-7-10(6-9(16)8-17)21(18,19)15-12-14-13-11(4-2)20-12/h6-7,17H,3-5,8H2,1-2H3,(H,14,15). The average molecular weight is 330 g/mol. The molecule has 0 saturated heterocycles. The number of rotatable bonds is 7. The number of nitrogens with zero attached hydrogens (tertiary/aromatic N) is 3. The summed E-state index contributed by atoms with van der Waals surface area (Å²) in [5.74, 6) is 0. The first-order chi connectivity index (χ1) is 10.00. The molecule has 0 radical (unpaired) electrons. The summed E-state index contributed by atoms with van der Waals surface area (Å²) >= 11 is 1.21. The van der Waals surface area contributed by atoms with Crippen molar-refractivity contribution in [3.05, 3.63) is 23.0 Å². The number of aryl methyl sites for hydroxylation is 2. The maximum Gasteiger partial charge on any atom is 0.265 e. The summed E-state index contributed by atoms with van der Waals surface area (Å²) in [6, 6.07) is 1.47. The van der Waals surface area contributed by atoms with Gasteiger partial charge in [0.2, 0.25) is 5.13 Å². The summed E-state index contributed by atoms with van der Waals surface area (Å²) in [4.78, 5) is 0.119. The fourth-order valence-corrected chi connectivity index (χ4v) is 3.84. The highest BCUT2D eigenvalue weighted by Crippen LogP contribution is 2.22. The van der Waals surface area contributed by atoms with Crippen LogP contribution in [0.5, 0.6) is 0 Å². The van der Waals surface area contributed by atoms with Crippen LogP contribution in [0.4, 0.5) is 5.13 Å². The Morgan fingerprint density at radius 1 is 1.38 bits per heavy atom. The Morgan fingerprint density at radius 3 is 2.71 bits per heavy atom. The molecule has 0 atom stereocenters. The van der Waals surface area contributed by atoms with Gasteiger partial charge >= 0.3 is 0 Å². The van der Waals surface area contributed by atoms with Crippen LogP contribution in [0, 0.1) is 0 Å². The van der Waals surface area contributed by atoms with E-state index in [1.807, 2.05) is 13.8 Å². The van der Waals surface area contributed by atoms with Crippen molar-refractivity contribution in [2.75, 3.05) is 4.72 Å². The first-order valence-electron chi connectivity index (χ1n) is 6.65. The van der Waals surface area contributed by atoms with Crippen molar-refractivity contribution in [2.24, 2.45) is 0 Å². The van der Waals surface area contributed by atoms with Gasteiger partial charge in [0.05, 0.1) is 6.61 Å². The van der Waals surface area contributed by atoms with Gasteiger partial charge in [0.15, 0.2) is 0 Å². The molecule has 0 aliphatic carbocycles. The van der Waals surface area contributed by atoms with Crippen LogP contribution in [0.15, 0.2) is 17.2 Å². The van der Waals surface area contributed by atoms with Crippen molar-refractivity contribution in [3.8, 4) is 0 Å². The van der Waals surface area contributed by atoms with Crippen LogP contribution in [0.3, 0.4) is 0 Å². The average Bonchev–Trinajstić information content (AvgIpc) is 3.05. The maximum absolute atomic E-state index is 12.3. The van der Waals surface area contributed by atoms with E-state index in [1.54, 1.807) is 4.57 Å². The van der Waals surface area contributed by atoms with E-state index in [-0.39, 0.29) is 16.6 Å². The van der Waals surface area contributed by atoms with Gasteiger partial charge in [-0.05, 0) is 18.9 Å². The second-order valence-corrected chi connectivity index (χ2v) is 7.22. The molecule has 7 nitrogen and oxygen atoms in total. The van der Waals surface area contributed by atoms with Crippen LogP contribution in [-0.2, 0) is 29.6 Å². The van der Waals surface area contributed by atoms with Gasteiger partial charge in [-0.25, -0.2) is 8.42 Å². The first kappa shape index (κ1) is 15.9. The van der Waals surface area contributed by atoms with E-state index in [2.05, 4.69) is 14.9 Å². The Balaban J connectivity index is 2.26. The van der Waals surface area contributed by atoms with Crippen molar-refractivity contribution >= 4 is 26.5 Å². The summed E-state index contributed by atoms with van der Waals surface area (Å²) in [6.07, 6.45) is 3.09. The molecule has 2 heterocycles.